The fourth-order valence-electron chi connectivity index (χ4n) is 2.01. The molecule has 0 bridgehead atoms. The molecule has 20 heavy (non-hydrogen) atoms. The van der Waals surface area contributed by atoms with E-state index in [1.54, 1.807) is 18.2 Å². The lowest BCUT2D eigenvalue weighted by atomic mass is 10.1. The Kier molecular flexibility index (Phi) is 3.91. The lowest BCUT2D eigenvalue weighted by molar-refractivity contribution is 0.105. The van der Waals surface area contributed by atoms with Gasteiger partial charge in [-0.15, -0.1) is 0 Å². The second kappa shape index (κ2) is 5.48. The van der Waals surface area contributed by atoms with Gasteiger partial charge in [-0.25, -0.2) is 0 Å². The number of hydrogen-bond acceptors (Lipinski definition) is 5. The van der Waals surface area contributed by atoms with Crippen molar-refractivity contribution in [2.45, 2.75) is 6.10 Å². The smallest absolute Gasteiger partial charge is 0.275 e. The standard InChI is InChI=1S/C13H17N3O4/c1-15-12(19)9-4-3-5-10(14-6-8(18)7-17)11(9)13(20)16(15)2/h3-5,8,14,17-18H,6-7H2,1-2H3. The quantitative estimate of drug-likeness (QED) is 0.667. The molecule has 0 saturated heterocycles. The summed E-state index contributed by atoms with van der Waals surface area (Å²) >= 11 is 0. The lowest BCUT2D eigenvalue weighted by Gasteiger charge is -2.14. The minimum Gasteiger partial charge on any atom is -0.394 e. The van der Waals surface area contributed by atoms with Crippen molar-refractivity contribution in [1.82, 2.24) is 9.36 Å². The summed E-state index contributed by atoms with van der Waals surface area (Å²) in [5.41, 5.74) is -0.106. The number of aromatic nitrogens is 2. The van der Waals surface area contributed by atoms with Gasteiger partial charge in [0.15, 0.2) is 0 Å². The van der Waals surface area contributed by atoms with Crippen molar-refractivity contribution in [3.63, 3.8) is 0 Å². The summed E-state index contributed by atoms with van der Waals surface area (Å²) in [4.78, 5) is 24.4. The van der Waals surface area contributed by atoms with E-state index >= 15 is 0 Å². The minimum atomic E-state index is -0.930. The third-order valence-corrected chi connectivity index (χ3v) is 3.29. The highest BCUT2D eigenvalue weighted by Gasteiger charge is 2.12. The summed E-state index contributed by atoms with van der Waals surface area (Å²) in [6, 6.07) is 4.91. The average Bonchev–Trinajstić information content (AvgIpc) is 2.47. The third-order valence-electron chi connectivity index (χ3n) is 3.29. The molecule has 7 heteroatoms. The van der Waals surface area contributed by atoms with E-state index in [0.717, 1.165) is 0 Å². The summed E-state index contributed by atoms with van der Waals surface area (Å²) in [5, 5.41) is 21.6. The Balaban J connectivity index is 2.63. The monoisotopic (exact) mass is 279 g/mol. The third kappa shape index (κ3) is 2.33. The van der Waals surface area contributed by atoms with Crippen molar-refractivity contribution in [1.29, 1.82) is 0 Å². The van der Waals surface area contributed by atoms with Crippen LogP contribution in [-0.2, 0) is 14.1 Å². The molecular formula is C13H17N3O4. The van der Waals surface area contributed by atoms with Crippen LogP contribution in [0.1, 0.15) is 0 Å². The topological polar surface area (TPSA) is 96.5 Å². The van der Waals surface area contributed by atoms with Crippen molar-refractivity contribution in [2.24, 2.45) is 14.1 Å². The number of nitrogens with zero attached hydrogens (tertiary/aromatic N) is 2. The number of aliphatic hydroxyl groups excluding tert-OH is 2. The van der Waals surface area contributed by atoms with Crippen LogP contribution in [0.25, 0.3) is 10.8 Å². The molecule has 0 aliphatic carbocycles. The van der Waals surface area contributed by atoms with Gasteiger partial charge in [-0.05, 0) is 12.1 Å². The van der Waals surface area contributed by atoms with Crippen LogP contribution >= 0.6 is 0 Å². The first-order valence-corrected chi connectivity index (χ1v) is 6.19. The zero-order chi connectivity index (χ0) is 14.9. The van der Waals surface area contributed by atoms with Gasteiger partial charge in [0.2, 0.25) is 0 Å². The van der Waals surface area contributed by atoms with Crippen molar-refractivity contribution in [3.8, 4) is 0 Å². The van der Waals surface area contributed by atoms with E-state index in [-0.39, 0.29) is 29.7 Å². The maximum atomic E-state index is 12.3. The maximum Gasteiger partial charge on any atom is 0.275 e. The van der Waals surface area contributed by atoms with Gasteiger partial charge in [-0.3, -0.25) is 19.0 Å². The molecule has 0 amide bonds. The number of fused-ring (bicyclic) bond motifs is 1. The molecule has 0 saturated carbocycles. The van der Waals surface area contributed by atoms with Crippen LogP contribution in [0.2, 0.25) is 0 Å². The van der Waals surface area contributed by atoms with Gasteiger partial charge in [0.25, 0.3) is 11.1 Å². The molecule has 0 spiro atoms. The van der Waals surface area contributed by atoms with Gasteiger partial charge >= 0.3 is 0 Å². The number of anilines is 1. The molecule has 1 atom stereocenters. The van der Waals surface area contributed by atoms with E-state index in [1.807, 2.05) is 0 Å². The van der Waals surface area contributed by atoms with Crippen LogP contribution in [0, 0.1) is 0 Å². The molecule has 7 nitrogen and oxygen atoms in total. The summed E-state index contributed by atoms with van der Waals surface area (Å²) in [7, 11) is 3.04. The predicted octanol–water partition coefficient (Wildman–Crippen LogP) is -0.998. The van der Waals surface area contributed by atoms with Crippen LogP contribution < -0.4 is 16.4 Å². The molecular weight excluding hydrogens is 262 g/mol. The second-order valence-electron chi connectivity index (χ2n) is 4.60. The van der Waals surface area contributed by atoms with E-state index in [4.69, 9.17) is 5.11 Å². The highest BCUT2D eigenvalue weighted by Crippen LogP contribution is 2.17. The minimum absolute atomic E-state index is 0.0912. The van der Waals surface area contributed by atoms with Crippen LogP contribution in [0.3, 0.4) is 0 Å². The van der Waals surface area contributed by atoms with Crippen LogP contribution in [-0.4, -0.2) is 38.8 Å². The van der Waals surface area contributed by atoms with Crippen molar-refractivity contribution in [3.05, 3.63) is 38.9 Å². The fraction of sp³-hybridized carbons (Fsp3) is 0.385. The highest BCUT2D eigenvalue weighted by atomic mass is 16.3. The Morgan fingerprint density at radius 1 is 1.20 bits per heavy atom. The number of benzene rings is 1. The molecule has 0 radical (unpaired) electrons. The molecule has 2 aromatic rings. The molecule has 0 aliphatic heterocycles. The van der Waals surface area contributed by atoms with E-state index in [0.29, 0.717) is 11.1 Å². The number of aliphatic hydroxyl groups is 2. The van der Waals surface area contributed by atoms with E-state index in [9.17, 15) is 14.7 Å². The van der Waals surface area contributed by atoms with Crippen LogP contribution in [0.4, 0.5) is 5.69 Å². The van der Waals surface area contributed by atoms with Crippen LogP contribution in [0.5, 0.6) is 0 Å². The summed E-state index contributed by atoms with van der Waals surface area (Å²) in [6.45, 7) is -0.286. The first-order chi connectivity index (χ1) is 9.47. The van der Waals surface area contributed by atoms with Gasteiger partial charge < -0.3 is 15.5 Å². The molecule has 0 aliphatic rings. The Labute approximate surface area is 114 Å². The molecule has 1 heterocycles. The fourth-order valence-corrected chi connectivity index (χ4v) is 2.01. The van der Waals surface area contributed by atoms with Crippen molar-refractivity contribution >= 4 is 16.5 Å². The molecule has 2 rings (SSSR count). The van der Waals surface area contributed by atoms with E-state index in [2.05, 4.69) is 5.32 Å². The zero-order valence-corrected chi connectivity index (χ0v) is 11.3. The van der Waals surface area contributed by atoms with Gasteiger partial charge in [0.05, 0.1) is 23.5 Å². The van der Waals surface area contributed by atoms with Crippen molar-refractivity contribution in [2.75, 3.05) is 18.5 Å². The van der Waals surface area contributed by atoms with Gasteiger partial charge in [-0.1, -0.05) is 6.07 Å². The van der Waals surface area contributed by atoms with E-state index < -0.39 is 6.10 Å². The Hall–Kier alpha value is -2.12. The molecule has 3 N–H and O–H groups in total. The van der Waals surface area contributed by atoms with Gasteiger partial charge in [-0.2, -0.15) is 0 Å². The molecule has 108 valence electrons. The maximum absolute atomic E-state index is 12.3. The van der Waals surface area contributed by atoms with E-state index in [1.165, 1.54) is 23.5 Å². The Morgan fingerprint density at radius 2 is 1.85 bits per heavy atom. The summed E-state index contributed by atoms with van der Waals surface area (Å²) in [6.07, 6.45) is -0.930. The Bertz CT molecular complexity index is 748. The molecule has 1 aromatic heterocycles. The van der Waals surface area contributed by atoms with Gasteiger partial charge in [0, 0.05) is 26.3 Å². The molecule has 1 unspecified atom stereocenters. The van der Waals surface area contributed by atoms with Gasteiger partial charge in [0.1, 0.15) is 0 Å². The SMILES string of the molecule is Cn1c(=O)c2cccc(NCC(O)CO)c2c(=O)n1C. The predicted molar refractivity (Wildman–Crippen MR) is 76.0 cm³/mol. The molecule has 0 fully saturated rings. The number of rotatable bonds is 4. The zero-order valence-electron chi connectivity index (χ0n) is 11.3. The number of nitrogens with one attached hydrogen (secondary N) is 1. The second-order valence-corrected chi connectivity index (χ2v) is 4.60. The van der Waals surface area contributed by atoms with Crippen molar-refractivity contribution < 1.29 is 10.2 Å². The lowest BCUT2D eigenvalue weighted by Crippen LogP contribution is -2.35. The first kappa shape index (κ1) is 14.3. The number of hydrogen-bond donors (Lipinski definition) is 3. The summed E-state index contributed by atoms with van der Waals surface area (Å²) < 4.78 is 2.48. The largest absolute Gasteiger partial charge is 0.394 e. The molecule has 1 aromatic carbocycles. The average molecular weight is 279 g/mol. The normalized spacial score (nSPS) is 12.6. The first-order valence-electron chi connectivity index (χ1n) is 6.19. The highest BCUT2D eigenvalue weighted by molar-refractivity contribution is 5.92. The summed E-state index contributed by atoms with van der Waals surface area (Å²) in [5.74, 6) is 0. The van der Waals surface area contributed by atoms with Crippen LogP contribution in [0.15, 0.2) is 27.8 Å². The Morgan fingerprint density at radius 3 is 2.50 bits per heavy atom.